The van der Waals surface area contributed by atoms with Crippen molar-refractivity contribution >= 4 is 64.9 Å². The highest BCUT2D eigenvalue weighted by molar-refractivity contribution is 6.28. The lowest BCUT2D eigenvalue weighted by Crippen LogP contribution is -2.01. The molecule has 0 aliphatic rings. The molecule has 13 aromatic rings. The molecule has 11 aromatic carbocycles. The Balaban J connectivity index is 1.00. The number of hydrogen-bond donors (Lipinski definition) is 0. The van der Waals surface area contributed by atoms with Crippen LogP contribution >= 0.6 is 0 Å². The predicted molar refractivity (Wildman–Crippen MR) is 271 cm³/mol. The minimum atomic E-state index is 0.634. The number of para-hydroxylation sites is 1. The van der Waals surface area contributed by atoms with Crippen molar-refractivity contribution < 1.29 is 0 Å². The van der Waals surface area contributed by atoms with Gasteiger partial charge in [-0.1, -0.05) is 200 Å². The van der Waals surface area contributed by atoms with Crippen LogP contribution in [0.1, 0.15) is 0 Å². The summed E-state index contributed by atoms with van der Waals surface area (Å²) in [6.07, 6.45) is 0. The lowest BCUT2D eigenvalue weighted by Gasteiger charge is -2.16. The molecule has 0 saturated carbocycles. The average Bonchev–Trinajstić information content (AvgIpc) is 3.72. The number of rotatable bonds is 6. The molecule has 0 aliphatic carbocycles. The second-order valence-corrected chi connectivity index (χ2v) is 16.8. The van der Waals surface area contributed by atoms with E-state index >= 15 is 0 Å². The molecule has 0 fully saturated rings. The fraction of sp³-hybridized carbons (Fsp3) is 0. The number of fused-ring (bicyclic) bond motifs is 10. The molecule has 302 valence electrons. The van der Waals surface area contributed by atoms with Crippen molar-refractivity contribution in [3.63, 3.8) is 0 Å². The third kappa shape index (κ3) is 6.18. The third-order valence-corrected chi connectivity index (χ3v) is 13.0. The Kier molecular flexibility index (Phi) is 8.50. The van der Waals surface area contributed by atoms with Gasteiger partial charge in [0.2, 0.25) is 0 Å². The van der Waals surface area contributed by atoms with E-state index in [9.17, 15) is 0 Å². The van der Waals surface area contributed by atoms with Crippen molar-refractivity contribution in [3.05, 3.63) is 231 Å². The quantitative estimate of drug-likeness (QED) is 0.157. The first-order valence-corrected chi connectivity index (χ1v) is 22.1. The van der Waals surface area contributed by atoms with Gasteiger partial charge in [-0.15, -0.1) is 0 Å². The fourth-order valence-corrected chi connectivity index (χ4v) is 9.90. The summed E-state index contributed by atoms with van der Waals surface area (Å²) in [6.45, 7) is 0. The summed E-state index contributed by atoms with van der Waals surface area (Å²) in [5, 5.41) is 12.0. The standard InChI is InChI=1S/C61H38N4/c1-3-14-39(15-4-1)41-26-28-43(29-27-41)60-62-59(42-17-5-2-6-18-42)63-61(64-60)54-24-13-23-52-48-20-9-10-21-49(48)55-37-45(32-35-53(55)58(52)54)46-31-34-51-50-22-11-12-25-56(50)65(57(51)38-46)47-33-30-40-16-7-8-19-44(40)36-47/h1-38H. The van der Waals surface area contributed by atoms with Crippen molar-refractivity contribution in [2.45, 2.75) is 0 Å². The Morgan fingerprint density at radius 2 is 0.769 bits per heavy atom. The SMILES string of the molecule is c1ccc(-c2ccc(-c3nc(-c4ccccc4)nc(-c4cccc5c6ccccc6c6cc(-c7ccc8c9ccccc9n(-c9ccc%10ccccc%10c9)c8c7)ccc6c45)n3)cc2)cc1. The zero-order valence-corrected chi connectivity index (χ0v) is 35.2. The molecule has 0 amide bonds. The van der Waals surface area contributed by atoms with E-state index in [0.29, 0.717) is 17.5 Å². The zero-order chi connectivity index (χ0) is 42.8. The minimum Gasteiger partial charge on any atom is -0.309 e. The highest BCUT2D eigenvalue weighted by Gasteiger charge is 2.19. The summed E-state index contributed by atoms with van der Waals surface area (Å²) in [4.78, 5) is 15.6. The predicted octanol–water partition coefficient (Wildman–Crippen LogP) is 15.9. The second kappa shape index (κ2) is 15.0. The third-order valence-electron chi connectivity index (χ3n) is 13.0. The first-order chi connectivity index (χ1) is 32.2. The van der Waals surface area contributed by atoms with Gasteiger partial charge in [-0.05, 0) is 90.3 Å². The maximum atomic E-state index is 5.28. The summed E-state index contributed by atoms with van der Waals surface area (Å²) in [5.41, 5.74) is 11.0. The van der Waals surface area contributed by atoms with Crippen molar-refractivity contribution in [3.8, 4) is 62.1 Å². The lowest BCUT2D eigenvalue weighted by molar-refractivity contribution is 1.08. The van der Waals surface area contributed by atoms with E-state index in [-0.39, 0.29) is 0 Å². The molecule has 0 saturated heterocycles. The molecule has 0 spiro atoms. The molecule has 0 atom stereocenters. The Morgan fingerprint density at radius 1 is 0.262 bits per heavy atom. The van der Waals surface area contributed by atoms with Gasteiger partial charge in [-0.2, -0.15) is 0 Å². The first-order valence-electron chi connectivity index (χ1n) is 22.1. The largest absolute Gasteiger partial charge is 0.309 e. The average molecular weight is 827 g/mol. The number of benzene rings is 11. The molecule has 0 bridgehead atoms. The van der Waals surface area contributed by atoms with Crippen LogP contribution in [0.4, 0.5) is 0 Å². The topological polar surface area (TPSA) is 43.6 Å². The zero-order valence-electron chi connectivity index (χ0n) is 35.2. The van der Waals surface area contributed by atoms with Gasteiger partial charge in [0.25, 0.3) is 0 Å². The van der Waals surface area contributed by atoms with Gasteiger partial charge >= 0.3 is 0 Å². The fourth-order valence-electron chi connectivity index (χ4n) is 9.90. The molecule has 0 radical (unpaired) electrons. The first kappa shape index (κ1) is 36.9. The van der Waals surface area contributed by atoms with Gasteiger partial charge in [-0.25, -0.2) is 15.0 Å². The van der Waals surface area contributed by atoms with Crippen LogP contribution in [0.2, 0.25) is 0 Å². The van der Waals surface area contributed by atoms with E-state index in [0.717, 1.165) is 55.2 Å². The molecule has 4 nitrogen and oxygen atoms in total. The molecule has 65 heavy (non-hydrogen) atoms. The lowest BCUT2D eigenvalue weighted by atomic mass is 9.89. The van der Waals surface area contributed by atoms with Crippen LogP contribution in [0, 0.1) is 0 Å². The highest BCUT2D eigenvalue weighted by Crippen LogP contribution is 2.43. The molecule has 2 aromatic heterocycles. The Morgan fingerprint density at radius 3 is 1.54 bits per heavy atom. The van der Waals surface area contributed by atoms with E-state index in [2.05, 4.69) is 211 Å². The summed E-state index contributed by atoms with van der Waals surface area (Å²) < 4.78 is 2.42. The Hall–Kier alpha value is -8.73. The van der Waals surface area contributed by atoms with Crippen LogP contribution in [-0.4, -0.2) is 19.5 Å². The molecular formula is C61H38N4. The van der Waals surface area contributed by atoms with Crippen molar-refractivity contribution in [1.29, 1.82) is 0 Å². The van der Waals surface area contributed by atoms with Crippen LogP contribution in [0.25, 0.3) is 127 Å². The Labute approximate surface area is 375 Å². The van der Waals surface area contributed by atoms with Crippen LogP contribution in [-0.2, 0) is 0 Å². The highest BCUT2D eigenvalue weighted by atomic mass is 15.0. The van der Waals surface area contributed by atoms with Crippen molar-refractivity contribution in [1.82, 2.24) is 19.5 Å². The smallest absolute Gasteiger partial charge is 0.164 e. The van der Waals surface area contributed by atoms with E-state index in [4.69, 9.17) is 15.0 Å². The molecule has 2 heterocycles. The summed E-state index contributed by atoms with van der Waals surface area (Å²) in [6, 6.07) is 82.5. The van der Waals surface area contributed by atoms with E-state index in [1.165, 1.54) is 54.3 Å². The van der Waals surface area contributed by atoms with Crippen molar-refractivity contribution in [2.24, 2.45) is 0 Å². The molecule has 4 heteroatoms. The van der Waals surface area contributed by atoms with E-state index < -0.39 is 0 Å². The Bertz CT molecular complexity index is 3980. The molecule has 0 N–H and O–H groups in total. The number of nitrogens with zero attached hydrogens (tertiary/aromatic N) is 4. The van der Waals surface area contributed by atoms with Gasteiger partial charge in [0.05, 0.1) is 11.0 Å². The molecular weight excluding hydrogens is 789 g/mol. The second-order valence-electron chi connectivity index (χ2n) is 16.8. The van der Waals surface area contributed by atoms with Gasteiger partial charge in [0, 0.05) is 38.5 Å². The summed E-state index contributed by atoms with van der Waals surface area (Å²) >= 11 is 0. The minimum absolute atomic E-state index is 0.634. The van der Waals surface area contributed by atoms with Gasteiger partial charge in [0.1, 0.15) is 0 Å². The van der Waals surface area contributed by atoms with Crippen LogP contribution in [0.5, 0.6) is 0 Å². The van der Waals surface area contributed by atoms with Crippen LogP contribution in [0.3, 0.4) is 0 Å². The summed E-state index contributed by atoms with van der Waals surface area (Å²) in [5.74, 6) is 1.91. The van der Waals surface area contributed by atoms with Crippen molar-refractivity contribution in [2.75, 3.05) is 0 Å². The number of hydrogen-bond acceptors (Lipinski definition) is 3. The van der Waals surface area contributed by atoms with Gasteiger partial charge in [0.15, 0.2) is 17.5 Å². The molecule has 0 aliphatic heterocycles. The maximum Gasteiger partial charge on any atom is 0.164 e. The normalized spacial score (nSPS) is 11.7. The van der Waals surface area contributed by atoms with Crippen LogP contribution in [0.15, 0.2) is 231 Å². The van der Waals surface area contributed by atoms with Gasteiger partial charge < -0.3 is 4.57 Å². The van der Waals surface area contributed by atoms with E-state index in [1.807, 2.05) is 24.3 Å². The monoisotopic (exact) mass is 826 g/mol. The molecule has 13 rings (SSSR count). The summed E-state index contributed by atoms with van der Waals surface area (Å²) in [7, 11) is 0. The maximum absolute atomic E-state index is 5.28. The van der Waals surface area contributed by atoms with Gasteiger partial charge in [-0.3, -0.25) is 0 Å². The molecule has 0 unspecified atom stereocenters. The number of aromatic nitrogens is 4. The van der Waals surface area contributed by atoms with Crippen LogP contribution < -0.4 is 0 Å². The van der Waals surface area contributed by atoms with E-state index in [1.54, 1.807) is 0 Å².